The molecule has 0 aliphatic rings. The van der Waals surface area contributed by atoms with Crippen molar-refractivity contribution in [2.75, 3.05) is 24.7 Å². The molecule has 2 atom stereocenters. The molecule has 0 aliphatic carbocycles. The van der Waals surface area contributed by atoms with Crippen LogP contribution in [0, 0.1) is 5.41 Å². The van der Waals surface area contributed by atoms with Crippen LogP contribution in [0.3, 0.4) is 0 Å². The van der Waals surface area contributed by atoms with Crippen LogP contribution in [0.4, 0.5) is 0 Å². The van der Waals surface area contributed by atoms with Gasteiger partial charge in [0, 0.05) is 10.8 Å². The van der Waals surface area contributed by atoms with Gasteiger partial charge < -0.3 is 10.2 Å². The summed E-state index contributed by atoms with van der Waals surface area (Å²) >= 11 is 2.02. The number of hydrogen-bond acceptors (Lipinski definition) is 3. The zero-order chi connectivity index (χ0) is 22.3. The van der Waals surface area contributed by atoms with Crippen LogP contribution < -0.4 is 0 Å². The average Bonchev–Trinajstić information content (AvgIpc) is 2.78. The molecule has 0 radical (unpaired) electrons. The van der Waals surface area contributed by atoms with E-state index in [1.54, 1.807) is 0 Å². The molecule has 2 nitrogen and oxygen atoms in total. The van der Waals surface area contributed by atoms with Crippen molar-refractivity contribution in [3.63, 3.8) is 0 Å². The number of hydrogen-bond donors (Lipinski definition) is 2. The van der Waals surface area contributed by atoms with Gasteiger partial charge >= 0.3 is 0 Å². The normalized spacial score (nSPS) is 16.4. The van der Waals surface area contributed by atoms with Crippen molar-refractivity contribution >= 4 is 11.8 Å². The topological polar surface area (TPSA) is 40.5 Å². The van der Waals surface area contributed by atoms with E-state index in [0.29, 0.717) is 0 Å². The molecule has 3 heteroatoms. The van der Waals surface area contributed by atoms with E-state index in [9.17, 15) is 10.2 Å². The fraction of sp³-hybridized carbons (Fsp3) is 0.556. The third-order valence-corrected chi connectivity index (χ3v) is 7.24. The third-order valence-electron chi connectivity index (χ3n) is 6.09. The summed E-state index contributed by atoms with van der Waals surface area (Å²) in [5, 5.41) is 19.8. The molecule has 0 aliphatic heterocycles. The molecular weight excluding hydrogens is 388 g/mol. The van der Waals surface area contributed by atoms with E-state index in [2.05, 4.69) is 50.8 Å². The molecule has 0 fully saturated rings. The van der Waals surface area contributed by atoms with Gasteiger partial charge in [0.1, 0.15) is 0 Å². The maximum atomic E-state index is 9.92. The molecule has 0 saturated carbocycles. The first-order valence-electron chi connectivity index (χ1n) is 11.3. The van der Waals surface area contributed by atoms with Crippen molar-refractivity contribution in [1.82, 2.24) is 0 Å². The highest BCUT2D eigenvalue weighted by Gasteiger charge is 2.26. The van der Waals surface area contributed by atoms with Crippen LogP contribution in [-0.2, 0) is 5.41 Å². The fourth-order valence-corrected chi connectivity index (χ4v) is 4.75. The molecular formula is C27H42O2S. The fourth-order valence-electron chi connectivity index (χ4n) is 3.73. The van der Waals surface area contributed by atoms with Crippen molar-refractivity contribution in [3.05, 3.63) is 72.4 Å². The molecule has 0 spiro atoms. The van der Waals surface area contributed by atoms with Crippen LogP contribution in [0.5, 0.6) is 0 Å². The van der Waals surface area contributed by atoms with E-state index < -0.39 is 0 Å². The van der Waals surface area contributed by atoms with Gasteiger partial charge in [0.15, 0.2) is 0 Å². The molecule has 0 saturated heterocycles. The van der Waals surface area contributed by atoms with E-state index in [-0.39, 0.29) is 24.0 Å². The minimum atomic E-state index is -0.210. The van der Waals surface area contributed by atoms with E-state index in [1.807, 2.05) is 43.0 Å². The van der Waals surface area contributed by atoms with Crippen molar-refractivity contribution in [3.8, 4) is 0 Å². The summed E-state index contributed by atoms with van der Waals surface area (Å²) in [6.07, 6.45) is 14.6. The van der Waals surface area contributed by atoms with Gasteiger partial charge in [-0.2, -0.15) is 11.8 Å². The van der Waals surface area contributed by atoms with Crippen LogP contribution in [0.1, 0.15) is 64.9 Å². The summed E-state index contributed by atoms with van der Waals surface area (Å²) in [6, 6.07) is 10.4. The second-order valence-corrected chi connectivity index (χ2v) is 9.91. The van der Waals surface area contributed by atoms with Crippen LogP contribution in [0.15, 0.2) is 66.8 Å². The van der Waals surface area contributed by atoms with E-state index >= 15 is 0 Å². The summed E-state index contributed by atoms with van der Waals surface area (Å²) in [7, 11) is 0. The van der Waals surface area contributed by atoms with Crippen molar-refractivity contribution in [1.29, 1.82) is 0 Å². The lowest BCUT2D eigenvalue weighted by Gasteiger charge is -2.29. The smallest absolute Gasteiger partial charge is 0.0525 e. The molecule has 0 aromatic heterocycles. The Kier molecular flexibility index (Phi) is 13.1. The van der Waals surface area contributed by atoms with E-state index in [4.69, 9.17) is 0 Å². The zero-order valence-electron chi connectivity index (χ0n) is 19.3. The van der Waals surface area contributed by atoms with E-state index in [0.717, 1.165) is 31.3 Å². The average molecular weight is 431 g/mol. The lowest BCUT2D eigenvalue weighted by molar-refractivity contribution is 0.165. The molecule has 2 N–H and O–H groups in total. The summed E-state index contributed by atoms with van der Waals surface area (Å²) in [5.74, 6) is 2.34. The lowest BCUT2D eigenvalue weighted by Crippen LogP contribution is -2.26. The van der Waals surface area contributed by atoms with Gasteiger partial charge in [0.25, 0.3) is 0 Å². The van der Waals surface area contributed by atoms with Gasteiger partial charge in [-0.05, 0) is 55.2 Å². The minimum absolute atomic E-state index is 0.135. The first-order chi connectivity index (χ1) is 14.5. The largest absolute Gasteiger partial charge is 0.395 e. The molecule has 0 amide bonds. The number of aliphatic hydroxyl groups is 2. The molecule has 0 heterocycles. The SMILES string of the molecule is C=C/C(=C\C=C/C)C(C)(CO)CCCCSCCCCC(C)(CO)c1ccccc1. The van der Waals surface area contributed by atoms with Gasteiger partial charge in [0.2, 0.25) is 0 Å². The summed E-state index contributed by atoms with van der Waals surface area (Å²) in [6.45, 7) is 10.6. The van der Waals surface area contributed by atoms with Gasteiger partial charge in [-0.25, -0.2) is 0 Å². The Morgan fingerprint density at radius 1 is 0.967 bits per heavy atom. The number of aliphatic hydroxyl groups excluding tert-OH is 2. The Bertz CT molecular complexity index is 652. The highest BCUT2D eigenvalue weighted by Crippen LogP contribution is 2.33. The second-order valence-electron chi connectivity index (χ2n) is 8.68. The third kappa shape index (κ3) is 8.83. The minimum Gasteiger partial charge on any atom is -0.395 e. The molecule has 1 aromatic rings. The number of benzene rings is 1. The highest BCUT2D eigenvalue weighted by molar-refractivity contribution is 7.99. The first-order valence-corrected chi connectivity index (χ1v) is 12.4. The predicted molar refractivity (Wildman–Crippen MR) is 134 cm³/mol. The summed E-state index contributed by atoms with van der Waals surface area (Å²) in [5.41, 5.74) is 2.00. The molecule has 168 valence electrons. The second kappa shape index (κ2) is 14.7. The molecule has 1 aromatic carbocycles. The van der Waals surface area contributed by atoms with Crippen LogP contribution in [-0.4, -0.2) is 34.9 Å². The van der Waals surface area contributed by atoms with Gasteiger partial charge in [-0.3, -0.25) is 0 Å². The monoisotopic (exact) mass is 430 g/mol. The summed E-state index contributed by atoms with van der Waals surface area (Å²) < 4.78 is 0. The highest BCUT2D eigenvalue weighted by atomic mass is 32.2. The molecule has 30 heavy (non-hydrogen) atoms. The maximum absolute atomic E-state index is 9.92. The zero-order valence-corrected chi connectivity index (χ0v) is 20.1. The lowest BCUT2D eigenvalue weighted by atomic mass is 9.78. The Hall–Kier alpha value is -1.29. The standard InChI is InChI=1S/C27H42O2S/c1-5-7-15-24(6-2)26(3,22-28)18-11-13-20-30-21-14-12-19-27(4,23-29)25-16-9-8-10-17-25/h5-10,15-17,28-29H,2,11-14,18-23H2,1,3-4H3/b7-5-,24-15+. The Morgan fingerprint density at radius 2 is 1.60 bits per heavy atom. The van der Waals surface area contributed by atoms with Crippen LogP contribution >= 0.6 is 11.8 Å². The Labute approximate surface area is 189 Å². The van der Waals surface area contributed by atoms with Crippen molar-refractivity contribution < 1.29 is 10.2 Å². The molecule has 2 unspecified atom stereocenters. The number of thioether (sulfide) groups is 1. The number of unbranched alkanes of at least 4 members (excludes halogenated alkanes) is 2. The van der Waals surface area contributed by atoms with Crippen molar-refractivity contribution in [2.45, 2.75) is 64.7 Å². The summed E-state index contributed by atoms with van der Waals surface area (Å²) in [4.78, 5) is 0. The number of rotatable bonds is 16. The Morgan fingerprint density at radius 3 is 2.13 bits per heavy atom. The van der Waals surface area contributed by atoms with Gasteiger partial charge in [-0.1, -0.05) is 87.9 Å². The quantitative estimate of drug-likeness (QED) is 0.226. The van der Waals surface area contributed by atoms with E-state index in [1.165, 1.54) is 29.9 Å². The Balaban J connectivity index is 2.26. The van der Waals surface area contributed by atoms with Gasteiger partial charge in [-0.15, -0.1) is 0 Å². The van der Waals surface area contributed by atoms with Crippen molar-refractivity contribution in [2.24, 2.45) is 5.41 Å². The van der Waals surface area contributed by atoms with Crippen LogP contribution in [0.2, 0.25) is 0 Å². The maximum Gasteiger partial charge on any atom is 0.0525 e. The molecule has 0 bridgehead atoms. The van der Waals surface area contributed by atoms with Crippen LogP contribution in [0.25, 0.3) is 0 Å². The van der Waals surface area contributed by atoms with Gasteiger partial charge in [0.05, 0.1) is 13.2 Å². The first kappa shape index (κ1) is 26.7. The number of allylic oxidation sites excluding steroid dienone is 4. The molecule has 1 rings (SSSR count). The predicted octanol–water partition coefficient (Wildman–Crippen LogP) is 6.70.